The second-order valence-electron chi connectivity index (χ2n) is 2.95. The fraction of sp³-hybridized carbons (Fsp3) is 0. The van der Waals surface area contributed by atoms with Crippen molar-refractivity contribution in [3.05, 3.63) is 36.8 Å². The van der Waals surface area contributed by atoms with E-state index in [9.17, 15) is 0 Å². The molecule has 5 nitrogen and oxygen atoms in total. The third-order valence-corrected chi connectivity index (χ3v) is 2.04. The molecule has 0 aliphatic rings. The van der Waals surface area contributed by atoms with Gasteiger partial charge in [0.05, 0.1) is 6.20 Å². The number of H-pyrrole nitrogens is 1. The summed E-state index contributed by atoms with van der Waals surface area (Å²) in [7, 11) is 0. The van der Waals surface area contributed by atoms with Crippen molar-refractivity contribution in [2.45, 2.75) is 0 Å². The van der Waals surface area contributed by atoms with Crippen LogP contribution < -0.4 is 0 Å². The molecule has 5 heteroatoms. The van der Waals surface area contributed by atoms with Crippen molar-refractivity contribution in [1.82, 2.24) is 24.8 Å². The highest BCUT2D eigenvalue weighted by Crippen LogP contribution is 2.14. The molecule has 0 amide bonds. The number of aromatic nitrogens is 5. The van der Waals surface area contributed by atoms with Gasteiger partial charge < -0.3 is 4.40 Å². The zero-order valence-electron chi connectivity index (χ0n) is 7.25. The molecule has 3 aromatic rings. The minimum absolute atomic E-state index is 0.758. The first kappa shape index (κ1) is 7.25. The van der Waals surface area contributed by atoms with Gasteiger partial charge in [-0.05, 0) is 12.1 Å². The molecule has 0 aromatic carbocycles. The molecule has 0 radical (unpaired) electrons. The third kappa shape index (κ3) is 0.990. The van der Waals surface area contributed by atoms with Crippen molar-refractivity contribution in [3.63, 3.8) is 0 Å². The van der Waals surface area contributed by atoms with Crippen LogP contribution in [-0.2, 0) is 0 Å². The summed E-state index contributed by atoms with van der Waals surface area (Å²) >= 11 is 0. The largest absolute Gasteiger partial charge is 0.306 e. The highest BCUT2D eigenvalue weighted by molar-refractivity contribution is 5.57. The topological polar surface area (TPSA) is 58.9 Å². The average Bonchev–Trinajstić information content (AvgIpc) is 2.86. The van der Waals surface area contributed by atoms with Crippen molar-refractivity contribution < 1.29 is 0 Å². The maximum atomic E-state index is 4.40. The number of aromatic amines is 1. The highest BCUT2D eigenvalue weighted by Gasteiger charge is 2.05. The van der Waals surface area contributed by atoms with Crippen LogP contribution >= 0.6 is 0 Å². The molecule has 0 saturated heterocycles. The van der Waals surface area contributed by atoms with E-state index >= 15 is 0 Å². The maximum absolute atomic E-state index is 4.40. The summed E-state index contributed by atoms with van der Waals surface area (Å²) in [6, 6.07) is 5.86. The van der Waals surface area contributed by atoms with Gasteiger partial charge in [0.25, 0.3) is 0 Å². The molecule has 0 spiro atoms. The zero-order valence-corrected chi connectivity index (χ0v) is 7.25. The van der Waals surface area contributed by atoms with Crippen LogP contribution in [0.25, 0.3) is 17.0 Å². The van der Waals surface area contributed by atoms with Crippen molar-refractivity contribution in [2.75, 3.05) is 0 Å². The van der Waals surface area contributed by atoms with Crippen LogP contribution in [0.4, 0.5) is 0 Å². The van der Waals surface area contributed by atoms with Crippen LogP contribution in [0.1, 0.15) is 0 Å². The summed E-state index contributed by atoms with van der Waals surface area (Å²) in [5.41, 5.74) is 2.49. The summed E-state index contributed by atoms with van der Waals surface area (Å²) in [5.74, 6) is 0. The summed E-state index contributed by atoms with van der Waals surface area (Å²) in [6.45, 7) is 0. The second-order valence-corrected chi connectivity index (χ2v) is 2.95. The van der Waals surface area contributed by atoms with Gasteiger partial charge in [-0.3, -0.25) is 0 Å². The Kier molecular flexibility index (Phi) is 1.38. The lowest BCUT2D eigenvalue weighted by Gasteiger charge is -1.86. The molecular formula is C9H7N5. The van der Waals surface area contributed by atoms with Crippen molar-refractivity contribution in [3.8, 4) is 11.4 Å². The number of imidazole rings is 1. The van der Waals surface area contributed by atoms with Crippen LogP contribution in [0.15, 0.2) is 36.8 Å². The molecule has 0 saturated carbocycles. The molecule has 0 unspecified atom stereocenters. The van der Waals surface area contributed by atoms with E-state index in [0.29, 0.717) is 0 Å². The zero-order chi connectivity index (χ0) is 9.38. The van der Waals surface area contributed by atoms with E-state index in [-0.39, 0.29) is 0 Å². The predicted molar refractivity (Wildman–Crippen MR) is 50.6 cm³/mol. The SMILES string of the molecule is c1ccn2cc(-c3cn[nH]n3)nc2c1. The lowest BCUT2D eigenvalue weighted by atomic mass is 10.4. The Morgan fingerprint density at radius 3 is 3.00 bits per heavy atom. The molecule has 3 rings (SSSR count). The molecule has 1 N–H and O–H groups in total. The van der Waals surface area contributed by atoms with Crippen LogP contribution in [0.2, 0.25) is 0 Å². The molecule has 68 valence electrons. The fourth-order valence-electron chi connectivity index (χ4n) is 1.38. The van der Waals surface area contributed by atoms with Gasteiger partial charge in [-0.15, -0.1) is 0 Å². The first-order valence-corrected chi connectivity index (χ1v) is 4.23. The summed E-state index contributed by atoms with van der Waals surface area (Å²) < 4.78 is 1.95. The summed E-state index contributed by atoms with van der Waals surface area (Å²) in [4.78, 5) is 4.40. The Balaban J connectivity index is 2.24. The quantitative estimate of drug-likeness (QED) is 0.618. The minimum atomic E-state index is 0.758. The number of pyridine rings is 1. The van der Waals surface area contributed by atoms with E-state index in [1.807, 2.05) is 35.0 Å². The normalized spacial score (nSPS) is 10.9. The molecule has 0 aliphatic carbocycles. The first-order valence-electron chi connectivity index (χ1n) is 4.23. The summed E-state index contributed by atoms with van der Waals surface area (Å²) in [5, 5.41) is 10.3. The maximum Gasteiger partial charge on any atom is 0.137 e. The monoisotopic (exact) mass is 185 g/mol. The molecular weight excluding hydrogens is 178 g/mol. The molecule has 3 aromatic heterocycles. The van der Waals surface area contributed by atoms with Gasteiger partial charge in [-0.1, -0.05) is 6.07 Å². The van der Waals surface area contributed by atoms with E-state index in [4.69, 9.17) is 0 Å². The molecule has 0 aliphatic heterocycles. The van der Waals surface area contributed by atoms with E-state index in [0.717, 1.165) is 17.0 Å². The Bertz CT molecular complexity index is 518. The second kappa shape index (κ2) is 2.66. The van der Waals surface area contributed by atoms with Gasteiger partial charge in [-0.2, -0.15) is 15.4 Å². The minimum Gasteiger partial charge on any atom is -0.306 e. The molecule has 14 heavy (non-hydrogen) atoms. The molecule has 3 heterocycles. The number of rotatable bonds is 1. The van der Waals surface area contributed by atoms with Gasteiger partial charge in [0.2, 0.25) is 0 Å². The van der Waals surface area contributed by atoms with Gasteiger partial charge >= 0.3 is 0 Å². The standard InChI is InChI=1S/C9H7N5/c1-2-4-14-6-8(11-9(14)3-1)7-5-10-13-12-7/h1-6H,(H,10,12,13). The Morgan fingerprint density at radius 2 is 2.21 bits per heavy atom. The number of nitrogens with one attached hydrogen (secondary N) is 1. The lowest BCUT2D eigenvalue weighted by Crippen LogP contribution is -1.77. The number of fused-ring (bicyclic) bond motifs is 1. The highest BCUT2D eigenvalue weighted by atomic mass is 15.3. The third-order valence-electron chi connectivity index (χ3n) is 2.04. The van der Waals surface area contributed by atoms with Crippen LogP contribution in [-0.4, -0.2) is 24.8 Å². The molecule has 0 fully saturated rings. The summed E-state index contributed by atoms with van der Waals surface area (Å²) in [6.07, 6.45) is 5.53. The van der Waals surface area contributed by atoms with E-state index < -0.39 is 0 Å². The fourth-order valence-corrected chi connectivity index (χ4v) is 1.38. The number of hydrogen-bond acceptors (Lipinski definition) is 3. The number of hydrogen-bond donors (Lipinski definition) is 1. The first-order chi connectivity index (χ1) is 6.93. The lowest BCUT2D eigenvalue weighted by molar-refractivity contribution is 0.941. The van der Waals surface area contributed by atoms with Gasteiger partial charge in [-0.25, -0.2) is 4.98 Å². The van der Waals surface area contributed by atoms with Crippen LogP contribution in [0, 0.1) is 0 Å². The van der Waals surface area contributed by atoms with Gasteiger partial charge in [0.15, 0.2) is 0 Å². The van der Waals surface area contributed by atoms with Gasteiger partial charge in [0.1, 0.15) is 17.0 Å². The van der Waals surface area contributed by atoms with Crippen molar-refractivity contribution >= 4 is 5.65 Å². The average molecular weight is 185 g/mol. The Morgan fingerprint density at radius 1 is 1.21 bits per heavy atom. The molecule has 0 bridgehead atoms. The van der Waals surface area contributed by atoms with Crippen LogP contribution in [0.5, 0.6) is 0 Å². The predicted octanol–water partition coefficient (Wildman–Crippen LogP) is 1.12. The van der Waals surface area contributed by atoms with E-state index in [1.54, 1.807) is 6.20 Å². The Hall–Kier alpha value is -2.17. The van der Waals surface area contributed by atoms with Crippen LogP contribution in [0.3, 0.4) is 0 Å². The smallest absolute Gasteiger partial charge is 0.137 e. The van der Waals surface area contributed by atoms with E-state index in [2.05, 4.69) is 20.4 Å². The van der Waals surface area contributed by atoms with Crippen molar-refractivity contribution in [2.24, 2.45) is 0 Å². The van der Waals surface area contributed by atoms with Gasteiger partial charge in [0, 0.05) is 12.4 Å². The van der Waals surface area contributed by atoms with Crippen molar-refractivity contribution in [1.29, 1.82) is 0 Å². The Labute approximate surface area is 79.4 Å². The number of nitrogens with zero attached hydrogens (tertiary/aromatic N) is 4. The molecule has 0 atom stereocenters. The van der Waals surface area contributed by atoms with E-state index in [1.165, 1.54) is 0 Å².